The molecule has 3 aromatic heterocycles. The van der Waals surface area contributed by atoms with Crippen LogP contribution < -0.4 is 0 Å². The summed E-state index contributed by atoms with van der Waals surface area (Å²) in [5.41, 5.74) is 2.09. The minimum atomic E-state index is 0.00734. The summed E-state index contributed by atoms with van der Waals surface area (Å²) < 4.78 is 10.4. The van der Waals surface area contributed by atoms with Gasteiger partial charge in [-0.05, 0) is 68.5 Å². The molecule has 0 N–H and O–H groups in total. The summed E-state index contributed by atoms with van der Waals surface area (Å²) in [5, 5.41) is 0. The van der Waals surface area contributed by atoms with E-state index in [0.717, 1.165) is 43.9 Å². The van der Waals surface area contributed by atoms with Crippen molar-refractivity contribution >= 4 is 5.78 Å². The van der Waals surface area contributed by atoms with Gasteiger partial charge in [-0.1, -0.05) is 6.07 Å². The third-order valence-corrected chi connectivity index (χ3v) is 5.40. The van der Waals surface area contributed by atoms with E-state index in [9.17, 15) is 4.79 Å². The summed E-state index contributed by atoms with van der Waals surface area (Å²) in [6.45, 7) is 3.12. The fourth-order valence-corrected chi connectivity index (χ4v) is 3.80. The van der Waals surface area contributed by atoms with Crippen molar-refractivity contribution in [3.63, 3.8) is 0 Å². The lowest BCUT2D eigenvalue weighted by Gasteiger charge is -2.32. The number of ketones is 1. The van der Waals surface area contributed by atoms with Crippen LogP contribution in [-0.2, 0) is 6.54 Å². The van der Waals surface area contributed by atoms with Gasteiger partial charge < -0.3 is 8.83 Å². The van der Waals surface area contributed by atoms with E-state index in [1.807, 2.05) is 24.4 Å². The number of carbonyl (C=O) groups is 1. The minimum absolute atomic E-state index is 0.00734. The quantitative estimate of drug-likeness (QED) is 0.533. The Balaban J connectivity index is 1.17. The number of hydrogen-bond donors (Lipinski definition) is 0. The summed E-state index contributed by atoms with van der Waals surface area (Å²) >= 11 is 0. The predicted octanol–water partition coefficient (Wildman–Crippen LogP) is 4.59. The van der Waals surface area contributed by atoms with Crippen LogP contribution in [0.25, 0.3) is 11.5 Å². The van der Waals surface area contributed by atoms with Gasteiger partial charge in [0, 0.05) is 19.2 Å². The highest BCUT2D eigenvalue weighted by molar-refractivity contribution is 5.91. The SMILES string of the molecule is O=C(CCCC1CCN(Cc2ccc(-c3ccco3)nc2)CC1)c1ncco1. The second kappa shape index (κ2) is 8.97. The number of rotatable bonds is 8. The largest absolute Gasteiger partial charge is 0.463 e. The molecule has 0 aromatic carbocycles. The second-order valence-corrected chi connectivity index (χ2v) is 7.40. The standard InChI is InChI=1S/C22H25N3O3/c26-20(22-23-10-14-28-22)4-1-3-17-8-11-25(12-9-17)16-18-6-7-19(24-15-18)21-5-2-13-27-21/h2,5-7,10,13-15,17H,1,3-4,8-9,11-12,16H2. The maximum absolute atomic E-state index is 11.9. The number of pyridine rings is 1. The van der Waals surface area contributed by atoms with Crippen molar-refractivity contribution in [2.75, 3.05) is 13.1 Å². The molecule has 1 saturated heterocycles. The molecule has 0 radical (unpaired) electrons. The first-order chi connectivity index (χ1) is 13.8. The highest BCUT2D eigenvalue weighted by atomic mass is 16.3. The van der Waals surface area contributed by atoms with E-state index in [4.69, 9.17) is 8.83 Å². The number of oxazole rings is 1. The third-order valence-electron chi connectivity index (χ3n) is 5.40. The molecule has 146 valence electrons. The molecule has 6 heteroatoms. The first kappa shape index (κ1) is 18.6. The molecule has 0 spiro atoms. The molecule has 28 heavy (non-hydrogen) atoms. The summed E-state index contributed by atoms with van der Waals surface area (Å²) in [6, 6.07) is 7.95. The van der Waals surface area contributed by atoms with Crippen LogP contribution in [-0.4, -0.2) is 33.7 Å². The Labute approximate surface area is 164 Å². The topological polar surface area (TPSA) is 72.4 Å². The van der Waals surface area contributed by atoms with Gasteiger partial charge in [0.15, 0.2) is 5.76 Å². The fraction of sp³-hybridized carbons (Fsp3) is 0.409. The smallest absolute Gasteiger partial charge is 0.263 e. The van der Waals surface area contributed by atoms with Gasteiger partial charge in [0.1, 0.15) is 12.0 Å². The van der Waals surface area contributed by atoms with Crippen LogP contribution in [0.2, 0.25) is 0 Å². The number of Topliss-reactive ketones (excluding diaryl/α,β-unsaturated/α-hetero) is 1. The molecular weight excluding hydrogens is 354 g/mol. The van der Waals surface area contributed by atoms with Gasteiger partial charge in [0.05, 0.1) is 12.5 Å². The molecule has 1 aliphatic heterocycles. The fourth-order valence-electron chi connectivity index (χ4n) is 3.80. The first-order valence-corrected chi connectivity index (χ1v) is 9.92. The maximum Gasteiger partial charge on any atom is 0.263 e. The normalized spacial score (nSPS) is 15.7. The molecule has 6 nitrogen and oxygen atoms in total. The van der Waals surface area contributed by atoms with Crippen LogP contribution in [0, 0.1) is 5.92 Å². The minimum Gasteiger partial charge on any atom is -0.463 e. The molecule has 1 aliphatic rings. The van der Waals surface area contributed by atoms with Crippen LogP contribution in [0.4, 0.5) is 0 Å². The van der Waals surface area contributed by atoms with E-state index in [1.54, 1.807) is 6.26 Å². The summed E-state index contributed by atoms with van der Waals surface area (Å²) in [6.07, 6.45) is 11.5. The van der Waals surface area contributed by atoms with Crippen molar-refractivity contribution in [2.45, 2.75) is 38.6 Å². The highest BCUT2D eigenvalue weighted by Gasteiger charge is 2.20. The van der Waals surface area contributed by atoms with Crippen LogP contribution in [0.1, 0.15) is 48.4 Å². The number of aromatic nitrogens is 2. The lowest BCUT2D eigenvalue weighted by atomic mass is 9.91. The first-order valence-electron chi connectivity index (χ1n) is 9.92. The second-order valence-electron chi connectivity index (χ2n) is 7.40. The molecule has 0 atom stereocenters. The van der Waals surface area contributed by atoms with Crippen molar-refractivity contribution in [1.82, 2.24) is 14.9 Å². The van der Waals surface area contributed by atoms with Crippen molar-refractivity contribution < 1.29 is 13.6 Å². The number of carbonyl (C=O) groups excluding carboxylic acids is 1. The molecule has 1 fully saturated rings. The third kappa shape index (κ3) is 4.75. The van der Waals surface area contributed by atoms with Crippen LogP contribution in [0.5, 0.6) is 0 Å². The van der Waals surface area contributed by atoms with Crippen molar-refractivity contribution in [3.8, 4) is 11.5 Å². The maximum atomic E-state index is 11.9. The number of piperidine rings is 1. The van der Waals surface area contributed by atoms with Crippen molar-refractivity contribution in [3.05, 3.63) is 60.6 Å². The van der Waals surface area contributed by atoms with Crippen LogP contribution in [0.15, 0.2) is 58.0 Å². The molecular formula is C22H25N3O3. The zero-order valence-electron chi connectivity index (χ0n) is 15.9. The number of nitrogens with zero attached hydrogens (tertiary/aromatic N) is 3. The Bertz CT molecular complexity index is 849. The zero-order chi connectivity index (χ0) is 19.2. The monoisotopic (exact) mass is 379 g/mol. The Morgan fingerprint density at radius 2 is 2.00 bits per heavy atom. The molecule has 3 aromatic rings. The van der Waals surface area contributed by atoms with Gasteiger partial charge in [0.25, 0.3) is 5.89 Å². The van der Waals surface area contributed by atoms with Crippen LogP contribution in [0.3, 0.4) is 0 Å². The van der Waals surface area contributed by atoms with Crippen molar-refractivity contribution in [1.29, 1.82) is 0 Å². The lowest BCUT2D eigenvalue weighted by Crippen LogP contribution is -2.33. The summed E-state index contributed by atoms with van der Waals surface area (Å²) in [7, 11) is 0. The van der Waals surface area contributed by atoms with E-state index in [2.05, 4.69) is 20.9 Å². The van der Waals surface area contributed by atoms with Crippen molar-refractivity contribution in [2.24, 2.45) is 5.92 Å². The number of hydrogen-bond acceptors (Lipinski definition) is 6. The molecule has 0 saturated carbocycles. The molecule has 0 bridgehead atoms. The van der Waals surface area contributed by atoms with E-state index in [1.165, 1.54) is 30.9 Å². The Morgan fingerprint density at radius 3 is 2.68 bits per heavy atom. The van der Waals surface area contributed by atoms with Gasteiger partial charge in [0.2, 0.25) is 5.78 Å². The van der Waals surface area contributed by atoms with Crippen LogP contribution >= 0.6 is 0 Å². The average Bonchev–Trinajstić information content (AvgIpc) is 3.44. The number of likely N-dealkylation sites (tertiary alicyclic amines) is 1. The molecule has 0 unspecified atom stereocenters. The Morgan fingerprint density at radius 1 is 1.11 bits per heavy atom. The van der Waals surface area contributed by atoms with E-state index < -0.39 is 0 Å². The number of furan rings is 1. The van der Waals surface area contributed by atoms with E-state index in [-0.39, 0.29) is 11.7 Å². The van der Waals surface area contributed by atoms with E-state index in [0.29, 0.717) is 12.3 Å². The molecule has 0 aliphatic carbocycles. The molecule has 4 heterocycles. The van der Waals surface area contributed by atoms with Gasteiger partial charge in [-0.25, -0.2) is 4.98 Å². The average molecular weight is 379 g/mol. The highest BCUT2D eigenvalue weighted by Crippen LogP contribution is 2.24. The summed E-state index contributed by atoms with van der Waals surface area (Å²) in [5.74, 6) is 1.75. The molecule has 4 rings (SSSR count). The van der Waals surface area contributed by atoms with Gasteiger partial charge in [-0.3, -0.25) is 14.7 Å². The lowest BCUT2D eigenvalue weighted by molar-refractivity contribution is 0.0940. The summed E-state index contributed by atoms with van der Waals surface area (Å²) in [4.78, 5) is 22.8. The zero-order valence-corrected chi connectivity index (χ0v) is 15.9. The van der Waals surface area contributed by atoms with Gasteiger partial charge >= 0.3 is 0 Å². The molecule has 0 amide bonds. The Kier molecular flexibility index (Phi) is 5.97. The van der Waals surface area contributed by atoms with E-state index >= 15 is 0 Å². The predicted molar refractivity (Wildman–Crippen MR) is 105 cm³/mol. The Hall–Kier alpha value is -2.73. The van der Waals surface area contributed by atoms with Gasteiger partial charge in [-0.2, -0.15) is 0 Å². The van der Waals surface area contributed by atoms with Gasteiger partial charge in [-0.15, -0.1) is 0 Å².